The Morgan fingerprint density at radius 1 is 1.35 bits per heavy atom. The first-order valence-electron chi connectivity index (χ1n) is 6.31. The van der Waals surface area contributed by atoms with Crippen LogP contribution < -0.4 is 5.73 Å². The maximum Gasteiger partial charge on any atom is 0.0649 e. The monoisotopic (exact) mass is 234 g/mol. The van der Waals surface area contributed by atoms with Crippen LogP contribution >= 0.6 is 0 Å². The van der Waals surface area contributed by atoms with Crippen molar-refractivity contribution in [2.75, 3.05) is 26.3 Å². The third kappa shape index (κ3) is 3.06. The molecule has 1 aliphatic heterocycles. The molecule has 0 amide bonds. The lowest BCUT2D eigenvalue weighted by atomic mass is 9.94. The highest BCUT2D eigenvalue weighted by Gasteiger charge is 2.34. The fourth-order valence-electron chi connectivity index (χ4n) is 2.44. The summed E-state index contributed by atoms with van der Waals surface area (Å²) in [4.78, 5) is 2.50. The Kier molecular flexibility index (Phi) is 4.15. The van der Waals surface area contributed by atoms with Crippen molar-refractivity contribution in [3.05, 3.63) is 35.9 Å². The molecule has 1 aliphatic rings. The van der Waals surface area contributed by atoms with Gasteiger partial charge in [-0.1, -0.05) is 30.3 Å². The van der Waals surface area contributed by atoms with Crippen LogP contribution in [0.2, 0.25) is 0 Å². The normalized spacial score (nSPS) is 26.0. The van der Waals surface area contributed by atoms with Crippen molar-refractivity contribution in [3.8, 4) is 0 Å². The Balaban J connectivity index is 2.06. The lowest BCUT2D eigenvalue weighted by Gasteiger charge is -2.44. The molecular formula is C14H22N2O. The predicted octanol–water partition coefficient (Wildman–Crippen LogP) is 1.63. The topological polar surface area (TPSA) is 38.5 Å². The highest BCUT2D eigenvalue weighted by molar-refractivity contribution is 5.15. The molecule has 1 atom stereocenters. The zero-order chi connectivity index (χ0) is 12.1. The molecule has 17 heavy (non-hydrogen) atoms. The van der Waals surface area contributed by atoms with Crippen LogP contribution in [0.1, 0.15) is 18.9 Å². The first kappa shape index (κ1) is 12.6. The minimum atomic E-state index is 0.0862. The number of morpholine rings is 1. The van der Waals surface area contributed by atoms with Gasteiger partial charge in [-0.05, 0) is 25.5 Å². The van der Waals surface area contributed by atoms with Gasteiger partial charge < -0.3 is 10.5 Å². The van der Waals surface area contributed by atoms with Crippen molar-refractivity contribution in [3.63, 3.8) is 0 Å². The van der Waals surface area contributed by atoms with E-state index in [1.807, 2.05) is 0 Å². The van der Waals surface area contributed by atoms with Crippen molar-refractivity contribution in [1.82, 2.24) is 4.90 Å². The van der Waals surface area contributed by atoms with Crippen molar-refractivity contribution in [1.29, 1.82) is 0 Å². The largest absolute Gasteiger partial charge is 0.378 e. The fourth-order valence-corrected chi connectivity index (χ4v) is 2.44. The van der Waals surface area contributed by atoms with Crippen LogP contribution in [0.15, 0.2) is 30.3 Å². The number of nitrogens with two attached hydrogens (primary N) is 1. The smallest absolute Gasteiger partial charge is 0.0649 e. The van der Waals surface area contributed by atoms with E-state index in [1.165, 1.54) is 5.56 Å². The van der Waals surface area contributed by atoms with Crippen molar-refractivity contribution < 1.29 is 4.74 Å². The molecule has 1 aromatic carbocycles. The van der Waals surface area contributed by atoms with Gasteiger partial charge in [-0.25, -0.2) is 0 Å². The molecule has 1 saturated heterocycles. The van der Waals surface area contributed by atoms with Gasteiger partial charge in [-0.2, -0.15) is 0 Å². The molecular weight excluding hydrogens is 212 g/mol. The Morgan fingerprint density at radius 2 is 2.12 bits per heavy atom. The number of benzene rings is 1. The summed E-state index contributed by atoms with van der Waals surface area (Å²) in [5, 5.41) is 0. The number of hydrogen-bond acceptors (Lipinski definition) is 3. The third-order valence-corrected chi connectivity index (χ3v) is 3.58. The van der Waals surface area contributed by atoms with Crippen LogP contribution in [0, 0.1) is 0 Å². The summed E-state index contributed by atoms with van der Waals surface area (Å²) < 4.78 is 5.61. The Hall–Kier alpha value is -0.900. The first-order chi connectivity index (χ1) is 8.24. The quantitative estimate of drug-likeness (QED) is 0.860. The molecule has 1 fully saturated rings. The van der Waals surface area contributed by atoms with Crippen LogP contribution in [0.5, 0.6) is 0 Å². The van der Waals surface area contributed by atoms with Crippen LogP contribution in [0.3, 0.4) is 0 Å². The minimum Gasteiger partial charge on any atom is -0.378 e. The summed E-state index contributed by atoms with van der Waals surface area (Å²) in [5.41, 5.74) is 7.16. The molecule has 0 bridgehead atoms. The van der Waals surface area contributed by atoms with E-state index in [-0.39, 0.29) is 5.54 Å². The fraction of sp³-hybridized carbons (Fsp3) is 0.571. The zero-order valence-electron chi connectivity index (χ0n) is 10.6. The van der Waals surface area contributed by atoms with Crippen LogP contribution in [-0.4, -0.2) is 36.7 Å². The maximum absolute atomic E-state index is 5.72. The van der Waals surface area contributed by atoms with E-state index < -0.39 is 0 Å². The summed E-state index contributed by atoms with van der Waals surface area (Å²) in [7, 11) is 0. The molecule has 0 aromatic heterocycles. The van der Waals surface area contributed by atoms with Gasteiger partial charge >= 0.3 is 0 Å². The van der Waals surface area contributed by atoms with E-state index in [0.717, 1.165) is 32.7 Å². The van der Waals surface area contributed by atoms with E-state index in [0.29, 0.717) is 6.54 Å². The van der Waals surface area contributed by atoms with Crippen LogP contribution in [-0.2, 0) is 11.3 Å². The van der Waals surface area contributed by atoms with E-state index in [4.69, 9.17) is 10.5 Å². The molecule has 3 nitrogen and oxygen atoms in total. The van der Waals surface area contributed by atoms with E-state index in [9.17, 15) is 0 Å². The van der Waals surface area contributed by atoms with Gasteiger partial charge in [0.25, 0.3) is 0 Å². The molecule has 0 spiro atoms. The average molecular weight is 234 g/mol. The van der Waals surface area contributed by atoms with Gasteiger partial charge in [0.15, 0.2) is 0 Å². The molecule has 0 aliphatic carbocycles. The van der Waals surface area contributed by atoms with Crippen LogP contribution in [0.25, 0.3) is 0 Å². The van der Waals surface area contributed by atoms with Gasteiger partial charge in [-0.3, -0.25) is 4.90 Å². The van der Waals surface area contributed by atoms with Gasteiger partial charge in [0, 0.05) is 18.6 Å². The number of ether oxygens (including phenoxy) is 1. The molecule has 1 aromatic rings. The van der Waals surface area contributed by atoms with Gasteiger partial charge in [0.05, 0.1) is 13.2 Å². The first-order valence-corrected chi connectivity index (χ1v) is 6.31. The van der Waals surface area contributed by atoms with Crippen molar-refractivity contribution in [2.24, 2.45) is 5.73 Å². The summed E-state index contributed by atoms with van der Waals surface area (Å²) >= 11 is 0. The molecule has 94 valence electrons. The highest BCUT2D eigenvalue weighted by Crippen LogP contribution is 2.25. The van der Waals surface area contributed by atoms with Crippen molar-refractivity contribution >= 4 is 0 Å². The number of hydrogen-bond donors (Lipinski definition) is 1. The molecule has 0 radical (unpaired) electrons. The Morgan fingerprint density at radius 3 is 2.82 bits per heavy atom. The Bertz CT molecular complexity index is 337. The lowest BCUT2D eigenvalue weighted by molar-refractivity contribution is -0.0671. The third-order valence-electron chi connectivity index (χ3n) is 3.58. The SMILES string of the molecule is CC1(CCN)COCCN1Cc1ccccc1. The molecule has 3 heteroatoms. The number of nitrogens with zero attached hydrogens (tertiary/aromatic N) is 1. The minimum absolute atomic E-state index is 0.0862. The molecule has 2 rings (SSSR count). The number of rotatable bonds is 4. The summed E-state index contributed by atoms with van der Waals surface area (Å²) in [5.74, 6) is 0. The summed E-state index contributed by atoms with van der Waals surface area (Å²) in [6.07, 6.45) is 0.986. The average Bonchev–Trinajstić information content (AvgIpc) is 2.34. The zero-order valence-corrected chi connectivity index (χ0v) is 10.6. The van der Waals surface area contributed by atoms with E-state index in [1.54, 1.807) is 0 Å². The molecule has 1 unspecified atom stereocenters. The van der Waals surface area contributed by atoms with E-state index >= 15 is 0 Å². The second-order valence-electron chi connectivity index (χ2n) is 5.00. The summed E-state index contributed by atoms with van der Waals surface area (Å²) in [6, 6.07) is 10.6. The molecule has 0 saturated carbocycles. The summed E-state index contributed by atoms with van der Waals surface area (Å²) in [6.45, 7) is 6.56. The predicted molar refractivity (Wildman–Crippen MR) is 69.7 cm³/mol. The maximum atomic E-state index is 5.72. The van der Waals surface area contributed by atoms with Gasteiger partial charge in [0.1, 0.15) is 0 Å². The molecule has 1 heterocycles. The highest BCUT2D eigenvalue weighted by atomic mass is 16.5. The second kappa shape index (κ2) is 5.63. The van der Waals surface area contributed by atoms with Crippen molar-refractivity contribution in [2.45, 2.75) is 25.4 Å². The second-order valence-corrected chi connectivity index (χ2v) is 5.00. The van der Waals surface area contributed by atoms with Gasteiger partial charge in [-0.15, -0.1) is 0 Å². The molecule has 2 N–H and O–H groups in total. The van der Waals surface area contributed by atoms with Gasteiger partial charge in [0.2, 0.25) is 0 Å². The lowest BCUT2D eigenvalue weighted by Crippen LogP contribution is -2.55. The standard InChI is InChI=1S/C14H22N2O/c1-14(7-8-15)12-17-10-9-16(14)11-13-5-3-2-4-6-13/h2-6H,7-12,15H2,1H3. The Labute approximate surface area is 104 Å². The van der Waals surface area contributed by atoms with E-state index in [2.05, 4.69) is 42.2 Å². The van der Waals surface area contributed by atoms with Crippen LogP contribution in [0.4, 0.5) is 0 Å².